The summed E-state index contributed by atoms with van der Waals surface area (Å²) in [6.07, 6.45) is 4.37. The highest BCUT2D eigenvalue weighted by atomic mass is 79.9. The van der Waals surface area contributed by atoms with Crippen LogP contribution in [0.25, 0.3) is 0 Å². The molecule has 0 atom stereocenters. The monoisotopic (exact) mass is 310 g/mol. The highest BCUT2D eigenvalue weighted by molar-refractivity contribution is 9.10. The van der Waals surface area contributed by atoms with Gasteiger partial charge in [0.25, 0.3) is 0 Å². The van der Waals surface area contributed by atoms with Crippen molar-refractivity contribution in [2.24, 2.45) is 7.05 Å². The molecule has 0 amide bonds. The molecule has 2 heterocycles. The third-order valence-electron chi connectivity index (χ3n) is 3.01. The van der Waals surface area contributed by atoms with E-state index in [4.69, 9.17) is 0 Å². The number of aryl methyl sites for hydroxylation is 3. The fraction of sp³-hybridized carbons (Fsp3) is 0.417. The van der Waals surface area contributed by atoms with Crippen LogP contribution in [-0.4, -0.2) is 19.1 Å². The molecule has 2 aromatic heterocycles. The summed E-state index contributed by atoms with van der Waals surface area (Å²) in [7, 11) is 1.95. The summed E-state index contributed by atoms with van der Waals surface area (Å²) < 4.78 is 4.52. The van der Waals surface area contributed by atoms with Gasteiger partial charge in [0.15, 0.2) is 0 Å². The van der Waals surface area contributed by atoms with Crippen LogP contribution in [0.3, 0.4) is 0 Å². The lowest BCUT2D eigenvalue weighted by molar-refractivity contribution is 0.597. The van der Waals surface area contributed by atoms with Gasteiger partial charge in [-0.05, 0) is 29.8 Å². The minimum atomic E-state index is -0.206. The van der Waals surface area contributed by atoms with Gasteiger partial charge in [0.1, 0.15) is 5.82 Å². The predicted molar refractivity (Wildman–Crippen MR) is 72.6 cm³/mol. The number of hydrogen-bond acceptors (Lipinski definition) is 3. The minimum Gasteiger partial charge on any atom is -0.338 e. The van der Waals surface area contributed by atoms with E-state index < -0.39 is 0 Å². The molecule has 0 saturated carbocycles. The average molecular weight is 311 g/mol. The summed E-state index contributed by atoms with van der Waals surface area (Å²) in [6, 6.07) is 0. The second-order valence-electron chi connectivity index (χ2n) is 4.24. The van der Waals surface area contributed by atoms with Gasteiger partial charge in [-0.1, -0.05) is 0 Å². The van der Waals surface area contributed by atoms with Gasteiger partial charge >= 0.3 is 5.69 Å². The maximum atomic E-state index is 11.9. The summed E-state index contributed by atoms with van der Waals surface area (Å²) in [4.78, 5) is 20.1. The van der Waals surface area contributed by atoms with Crippen molar-refractivity contribution < 1.29 is 0 Å². The van der Waals surface area contributed by atoms with E-state index in [1.54, 1.807) is 10.8 Å². The van der Waals surface area contributed by atoms with Crippen molar-refractivity contribution in [2.45, 2.75) is 26.8 Å². The lowest BCUT2D eigenvalue weighted by atomic mass is 10.3. The first-order valence-electron chi connectivity index (χ1n) is 5.70. The predicted octanol–water partition coefficient (Wildman–Crippen LogP) is 1.60. The van der Waals surface area contributed by atoms with Crippen LogP contribution >= 0.6 is 15.9 Å². The molecule has 0 spiro atoms. The Balaban J connectivity index is 2.28. The quantitative estimate of drug-likeness (QED) is 0.865. The molecule has 0 fully saturated rings. The standard InChI is InChI=1S/C12H15BrN4O/c1-8-11(13)9(2)17(12(18)15-8)6-4-10-14-5-7-16(10)3/h5,7H,4,6H2,1-3H3. The first-order valence-corrected chi connectivity index (χ1v) is 6.49. The second kappa shape index (κ2) is 5.06. The molecule has 0 N–H and O–H groups in total. The van der Waals surface area contributed by atoms with Crippen LogP contribution in [0.15, 0.2) is 21.7 Å². The highest BCUT2D eigenvalue weighted by Crippen LogP contribution is 2.16. The SMILES string of the molecule is Cc1nc(=O)n(CCc2nccn2C)c(C)c1Br. The minimum absolute atomic E-state index is 0.206. The molecule has 0 aliphatic rings. The van der Waals surface area contributed by atoms with Gasteiger partial charge < -0.3 is 4.57 Å². The molecule has 96 valence electrons. The Morgan fingerprint density at radius 3 is 2.72 bits per heavy atom. The summed E-state index contributed by atoms with van der Waals surface area (Å²) >= 11 is 3.45. The molecule has 0 aliphatic carbocycles. The summed E-state index contributed by atoms with van der Waals surface area (Å²) in [5.74, 6) is 0.956. The maximum absolute atomic E-state index is 11.9. The first-order chi connectivity index (χ1) is 8.50. The zero-order valence-corrected chi connectivity index (χ0v) is 12.2. The van der Waals surface area contributed by atoms with Gasteiger partial charge in [-0.3, -0.25) is 4.57 Å². The lowest BCUT2D eigenvalue weighted by Gasteiger charge is -2.11. The van der Waals surface area contributed by atoms with Crippen molar-refractivity contribution >= 4 is 15.9 Å². The van der Waals surface area contributed by atoms with Crippen molar-refractivity contribution in [3.8, 4) is 0 Å². The molecule has 18 heavy (non-hydrogen) atoms. The van der Waals surface area contributed by atoms with E-state index in [1.807, 2.05) is 31.7 Å². The molecule has 6 heteroatoms. The molecule has 0 aliphatic heterocycles. The van der Waals surface area contributed by atoms with Crippen molar-refractivity contribution in [3.63, 3.8) is 0 Å². The maximum Gasteiger partial charge on any atom is 0.348 e. The fourth-order valence-electron chi connectivity index (χ4n) is 1.89. The van der Waals surface area contributed by atoms with Gasteiger partial charge in [-0.2, -0.15) is 4.98 Å². The first kappa shape index (κ1) is 13.0. The Hall–Kier alpha value is -1.43. The molecule has 0 saturated heterocycles. The Morgan fingerprint density at radius 2 is 2.11 bits per heavy atom. The van der Waals surface area contributed by atoms with Gasteiger partial charge in [0, 0.05) is 38.1 Å². The normalized spacial score (nSPS) is 10.9. The van der Waals surface area contributed by atoms with E-state index in [0.29, 0.717) is 13.0 Å². The van der Waals surface area contributed by atoms with E-state index in [0.717, 1.165) is 21.7 Å². The van der Waals surface area contributed by atoms with Gasteiger partial charge in [-0.15, -0.1) is 0 Å². The van der Waals surface area contributed by atoms with Crippen LogP contribution in [0.4, 0.5) is 0 Å². The van der Waals surface area contributed by atoms with Crippen LogP contribution in [0.1, 0.15) is 17.2 Å². The number of rotatable bonds is 3. The van der Waals surface area contributed by atoms with Gasteiger partial charge in [0.05, 0.1) is 10.2 Å². The third kappa shape index (κ3) is 2.38. The Morgan fingerprint density at radius 1 is 1.39 bits per heavy atom. The molecule has 2 rings (SSSR count). The van der Waals surface area contributed by atoms with Crippen LogP contribution < -0.4 is 5.69 Å². The van der Waals surface area contributed by atoms with E-state index >= 15 is 0 Å². The molecule has 0 unspecified atom stereocenters. The van der Waals surface area contributed by atoms with E-state index in [-0.39, 0.29) is 5.69 Å². The molecule has 5 nitrogen and oxygen atoms in total. The number of imidazole rings is 1. The van der Waals surface area contributed by atoms with E-state index in [2.05, 4.69) is 25.9 Å². The second-order valence-corrected chi connectivity index (χ2v) is 5.03. The number of aromatic nitrogens is 4. The molecular formula is C12H15BrN4O. The Kier molecular flexibility index (Phi) is 3.65. The van der Waals surface area contributed by atoms with Crippen LogP contribution in [0.2, 0.25) is 0 Å². The van der Waals surface area contributed by atoms with Crippen molar-refractivity contribution in [3.05, 3.63) is 44.6 Å². The molecule has 2 aromatic rings. The number of hydrogen-bond donors (Lipinski definition) is 0. The zero-order chi connectivity index (χ0) is 13.3. The van der Waals surface area contributed by atoms with Crippen LogP contribution in [0, 0.1) is 13.8 Å². The van der Waals surface area contributed by atoms with Crippen molar-refractivity contribution in [1.29, 1.82) is 0 Å². The van der Waals surface area contributed by atoms with E-state index in [1.165, 1.54) is 0 Å². The van der Waals surface area contributed by atoms with Crippen LogP contribution in [0.5, 0.6) is 0 Å². The Labute approximate surface area is 114 Å². The Bertz CT molecular complexity index is 629. The zero-order valence-electron chi connectivity index (χ0n) is 10.6. The number of halogens is 1. The largest absolute Gasteiger partial charge is 0.348 e. The highest BCUT2D eigenvalue weighted by Gasteiger charge is 2.09. The van der Waals surface area contributed by atoms with Crippen LogP contribution in [-0.2, 0) is 20.0 Å². The fourth-order valence-corrected chi connectivity index (χ4v) is 2.19. The van der Waals surface area contributed by atoms with Gasteiger partial charge in [-0.25, -0.2) is 9.78 Å². The molecule has 0 aromatic carbocycles. The van der Waals surface area contributed by atoms with Crippen molar-refractivity contribution in [1.82, 2.24) is 19.1 Å². The summed E-state index contributed by atoms with van der Waals surface area (Å²) in [6.45, 7) is 4.32. The summed E-state index contributed by atoms with van der Waals surface area (Å²) in [5, 5.41) is 0. The lowest BCUT2D eigenvalue weighted by Crippen LogP contribution is -2.27. The molecule has 0 bridgehead atoms. The average Bonchev–Trinajstić information content (AvgIpc) is 2.72. The van der Waals surface area contributed by atoms with Gasteiger partial charge in [0.2, 0.25) is 0 Å². The molecule has 0 radical (unpaired) electrons. The smallest absolute Gasteiger partial charge is 0.338 e. The van der Waals surface area contributed by atoms with E-state index in [9.17, 15) is 4.79 Å². The summed E-state index contributed by atoms with van der Waals surface area (Å²) in [5.41, 5.74) is 1.43. The third-order valence-corrected chi connectivity index (χ3v) is 4.16. The van der Waals surface area contributed by atoms with Crippen molar-refractivity contribution in [2.75, 3.05) is 0 Å². The molecular weight excluding hydrogens is 296 g/mol. The topological polar surface area (TPSA) is 52.7 Å². The number of nitrogens with zero attached hydrogens (tertiary/aromatic N) is 4.